The number of hydrogen-bond donors (Lipinski definition) is 1. The van der Waals surface area contributed by atoms with Gasteiger partial charge in [-0.3, -0.25) is 9.71 Å². The summed E-state index contributed by atoms with van der Waals surface area (Å²) in [5, 5.41) is 3.89. The molecule has 5 aromatic rings. The minimum absolute atomic E-state index is 0.173. The lowest BCUT2D eigenvalue weighted by atomic mass is 9.94. The Morgan fingerprint density at radius 1 is 0.978 bits per heavy atom. The van der Waals surface area contributed by atoms with Gasteiger partial charge in [0.15, 0.2) is 5.82 Å². The van der Waals surface area contributed by atoms with Crippen molar-refractivity contribution < 1.29 is 22.5 Å². The first-order valence-electron chi connectivity index (χ1n) is 15.4. The fourth-order valence-corrected chi connectivity index (χ4v) is 6.61. The van der Waals surface area contributed by atoms with Crippen LogP contribution in [-0.4, -0.2) is 41.2 Å². The molecule has 0 unspecified atom stereocenters. The van der Waals surface area contributed by atoms with Gasteiger partial charge in [-0.2, -0.15) is 0 Å². The third kappa shape index (κ3) is 7.04. The number of aromatic nitrogens is 4. The Morgan fingerprint density at radius 3 is 2.46 bits per heavy atom. The average molecular weight is 642 g/mol. The molecule has 0 amide bonds. The summed E-state index contributed by atoms with van der Waals surface area (Å²) in [4.78, 5) is 21.4. The number of pyridine rings is 1. The Kier molecular flexibility index (Phi) is 10.0. The summed E-state index contributed by atoms with van der Waals surface area (Å²) < 4.78 is 42.0. The average Bonchev–Trinajstić information content (AvgIpc) is 3.61. The van der Waals surface area contributed by atoms with E-state index in [1.165, 1.54) is 13.3 Å². The largest absolute Gasteiger partial charge is 0.465 e. The lowest BCUT2D eigenvalue weighted by Gasteiger charge is -2.16. The smallest absolute Gasteiger partial charge is 0.339 e. The number of anilines is 1. The summed E-state index contributed by atoms with van der Waals surface area (Å²) in [6.07, 6.45) is 8.03. The summed E-state index contributed by atoms with van der Waals surface area (Å²) in [6.45, 7) is 8.36. The van der Waals surface area contributed by atoms with Gasteiger partial charge < -0.3 is 13.8 Å². The second-order valence-electron chi connectivity index (χ2n) is 11.3. The van der Waals surface area contributed by atoms with Crippen molar-refractivity contribution in [2.24, 2.45) is 0 Å². The van der Waals surface area contributed by atoms with Crippen molar-refractivity contribution >= 4 is 21.8 Å². The van der Waals surface area contributed by atoms with Crippen molar-refractivity contribution in [2.75, 3.05) is 11.8 Å². The van der Waals surface area contributed by atoms with Crippen LogP contribution >= 0.6 is 0 Å². The number of nitrogens with one attached hydrogen (secondary N) is 1. The van der Waals surface area contributed by atoms with E-state index in [-0.39, 0.29) is 10.7 Å². The van der Waals surface area contributed by atoms with Crippen molar-refractivity contribution in [1.29, 1.82) is 0 Å². The number of unbranched alkanes of at least 4 members (excludes halogenated alkanes) is 1. The van der Waals surface area contributed by atoms with Gasteiger partial charge in [0.2, 0.25) is 0 Å². The molecule has 2 aromatic carbocycles. The Hall–Kier alpha value is -4.77. The van der Waals surface area contributed by atoms with Gasteiger partial charge in [-0.15, -0.1) is 0 Å². The molecule has 11 heteroatoms. The number of carbonyl (C=O) groups excluding carboxylic acids is 1. The van der Waals surface area contributed by atoms with E-state index < -0.39 is 16.0 Å². The topological polar surface area (TPSA) is 129 Å². The first-order valence-corrected chi connectivity index (χ1v) is 16.9. The number of ether oxygens (including phenoxy) is 1. The zero-order chi connectivity index (χ0) is 32.8. The van der Waals surface area contributed by atoms with Crippen molar-refractivity contribution in [3.05, 3.63) is 101 Å². The van der Waals surface area contributed by atoms with Crippen LogP contribution in [0.15, 0.2) is 76.4 Å². The fourth-order valence-electron chi connectivity index (χ4n) is 5.33. The Bertz CT molecular complexity index is 1940. The van der Waals surface area contributed by atoms with E-state index in [4.69, 9.17) is 14.2 Å². The number of hydrogen-bond acceptors (Lipinski definition) is 8. The maximum Gasteiger partial charge on any atom is 0.339 e. The van der Waals surface area contributed by atoms with E-state index in [1.807, 2.05) is 30.5 Å². The molecule has 1 N–H and O–H groups in total. The summed E-state index contributed by atoms with van der Waals surface area (Å²) >= 11 is 0. The fraction of sp³-hybridized carbons (Fsp3) is 0.314. The predicted molar refractivity (Wildman–Crippen MR) is 177 cm³/mol. The molecular weight excluding hydrogens is 602 g/mol. The monoisotopic (exact) mass is 641 g/mol. The summed E-state index contributed by atoms with van der Waals surface area (Å²) in [5.74, 6) is 1.26. The standard InChI is InChI=1S/C35H39N5O5S/c1-6-8-14-33-37-31(30-18-16-27(20-36-30)35(41)44-5)22-40(33)21-25-15-17-28(26(19-25)11-7-2)29-12-9-10-13-32(29)46(42,43)39-34-23(3)24(4)45-38-34/h9-10,12-13,15-20,22H,6-8,11,14,21H2,1-5H3,(H,38,39). The number of aryl methyl sites for hydroxylation is 3. The quantitative estimate of drug-likeness (QED) is 0.134. The van der Waals surface area contributed by atoms with E-state index in [2.05, 4.69) is 39.3 Å². The van der Waals surface area contributed by atoms with Crippen LogP contribution in [0.4, 0.5) is 5.82 Å². The summed E-state index contributed by atoms with van der Waals surface area (Å²) in [5.41, 5.74) is 6.07. The molecule has 46 heavy (non-hydrogen) atoms. The van der Waals surface area contributed by atoms with Gasteiger partial charge in [-0.1, -0.05) is 68.2 Å². The second kappa shape index (κ2) is 14.1. The first kappa shape index (κ1) is 32.6. The number of rotatable bonds is 13. The lowest BCUT2D eigenvalue weighted by Crippen LogP contribution is -2.15. The molecule has 0 radical (unpaired) electrons. The number of benzene rings is 2. The molecule has 5 rings (SSSR count). The van der Waals surface area contributed by atoms with E-state index in [1.54, 1.807) is 38.1 Å². The molecule has 3 aromatic heterocycles. The van der Waals surface area contributed by atoms with Crippen LogP contribution in [0.25, 0.3) is 22.5 Å². The third-order valence-corrected chi connectivity index (χ3v) is 9.35. The SMILES string of the molecule is CCCCc1nc(-c2ccc(C(=O)OC)cn2)cn1Cc1ccc(-c2ccccc2S(=O)(=O)Nc2noc(C)c2C)c(CCC)c1. The van der Waals surface area contributed by atoms with Gasteiger partial charge in [-0.25, -0.2) is 18.2 Å². The second-order valence-corrected chi connectivity index (χ2v) is 12.9. The highest BCUT2D eigenvalue weighted by Crippen LogP contribution is 2.33. The normalized spacial score (nSPS) is 11.5. The third-order valence-electron chi connectivity index (χ3n) is 7.96. The minimum atomic E-state index is -3.96. The van der Waals surface area contributed by atoms with Crippen LogP contribution in [0.3, 0.4) is 0 Å². The molecule has 10 nitrogen and oxygen atoms in total. The first-order chi connectivity index (χ1) is 22.1. The highest BCUT2D eigenvalue weighted by Gasteiger charge is 2.23. The molecule has 0 aliphatic rings. The number of esters is 1. The minimum Gasteiger partial charge on any atom is -0.465 e. The van der Waals surface area contributed by atoms with Crippen molar-refractivity contribution in [3.63, 3.8) is 0 Å². The van der Waals surface area contributed by atoms with Crippen LogP contribution in [0.1, 0.15) is 71.7 Å². The van der Waals surface area contributed by atoms with E-state index >= 15 is 0 Å². The number of imidazole rings is 1. The highest BCUT2D eigenvalue weighted by molar-refractivity contribution is 7.92. The molecule has 0 aliphatic heterocycles. The molecule has 0 bridgehead atoms. The van der Waals surface area contributed by atoms with E-state index in [0.29, 0.717) is 34.7 Å². The lowest BCUT2D eigenvalue weighted by molar-refractivity contribution is 0.0600. The molecule has 0 saturated carbocycles. The summed E-state index contributed by atoms with van der Waals surface area (Å²) in [7, 11) is -2.61. The van der Waals surface area contributed by atoms with Crippen LogP contribution in [-0.2, 0) is 34.1 Å². The number of nitrogens with zero attached hydrogens (tertiary/aromatic N) is 4. The maximum atomic E-state index is 13.6. The van der Waals surface area contributed by atoms with Crippen molar-refractivity contribution in [1.82, 2.24) is 19.7 Å². The maximum absolute atomic E-state index is 13.6. The zero-order valence-corrected chi connectivity index (χ0v) is 27.6. The van der Waals surface area contributed by atoms with Gasteiger partial charge >= 0.3 is 5.97 Å². The van der Waals surface area contributed by atoms with Crippen molar-refractivity contribution in [2.45, 2.75) is 71.2 Å². The van der Waals surface area contributed by atoms with Crippen molar-refractivity contribution in [3.8, 4) is 22.5 Å². The Labute approximate surface area is 269 Å². The van der Waals surface area contributed by atoms with Crippen LogP contribution in [0.2, 0.25) is 0 Å². The van der Waals surface area contributed by atoms with E-state index in [0.717, 1.165) is 60.3 Å². The molecule has 3 heterocycles. The van der Waals surface area contributed by atoms with Gasteiger partial charge in [0.25, 0.3) is 10.0 Å². The van der Waals surface area contributed by atoms with Crippen LogP contribution < -0.4 is 4.72 Å². The van der Waals surface area contributed by atoms with E-state index in [9.17, 15) is 13.2 Å². The predicted octanol–water partition coefficient (Wildman–Crippen LogP) is 7.15. The summed E-state index contributed by atoms with van der Waals surface area (Å²) in [6, 6.07) is 16.7. The number of methoxy groups -OCH3 is 1. The Balaban J connectivity index is 1.48. The highest BCUT2D eigenvalue weighted by atomic mass is 32.2. The molecular formula is C35H39N5O5S. The molecule has 0 spiro atoms. The van der Waals surface area contributed by atoms with Gasteiger partial charge in [0.1, 0.15) is 17.3 Å². The molecule has 0 saturated heterocycles. The molecule has 0 atom stereocenters. The van der Waals surface area contributed by atoms with Gasteiger partial charge in [0, 0.05) is 36.5 Å². The molecule has 0 aliphatic carbocycles. The van der Waals surface area contributed by atoms with Gasteiger partial charge in [-0.05, 0) is 61.6 Å². The molecule has 0 fully saturated rings. The van der Waals surface area contributed by atoms with Crippen LogP contribution in [0.5, 0.6) is 0 Å². The van der Waals surface area contributed by atoms with Crippen LogP contribution in [0, 0.1) is 13.8 Å². The number of sulfonamides is 1. The molecule has 240 valence electrons. The number of carbonyl (C=O) groups is 1. The Morgan fingerprint density at radius 2 is 1.78 bits per heavy atom. The zero-order valence-electron chi connectivity index (χ0n) is 26.8. The van der Waals surface area contributed by atoms with Gasteiger partial charge in [0.05, 0.1) is 23.3 Å².